The lowest BCUT2D eigenvalue weighted by atomic mass is 9.77. The van der Waals surface area contributed by atoms with E-state index in [4.69, 9.17) is 11.6 Å². The van der Waals surface area contributed by atoms with E-state index < -0.39 is 17.7 Å². The smallest absolute Gasteiger partial charge is 0.298 e. The summed E-state index contributed by atoms with van der Waals surface area (Å²) in [7, 11) is 0. The van der Waals surface area contributed by atoms with Gasteiger partial charge >= 0.3 is 6.18 Å². The minimum absolute atomic E-state index is 0.0965. The number of fused-ring (bicyclic) bond motifs is 2. The SMILES string of the molecule is Cc1sc(-c2ccc(Cl)c(C(F)(F)F)c2)nc1C1C(=O)[C@@H]2CC[C@@H](C2)C1=O. The molecule has 0 saturated heterocycles. The third-order valence-corrected chi connectivity index (χ3v) is 6.80. The number of hydrogen-bond acceptors (Lipinski definition) is 4. The van der Waals surface area contributed by atoms with Crippen LogP contribution in [0.15, 0.2) is 18.2 Å². The van der Waals surface area contributed by atoms with Gasteiger partial charge in [-0.15, -0.1) is 11.3 Å². The molecular formula is C19H15ClF3NO2S. The third kappa shape index (κ3) is 3.10. The number of aryl methyl sites for hydroxylation is 1. The zero-order chi connectivity index (χ0) is 19.5. The van der Waals surface area contributed by atoms with Crippen molar-refractivity contribution < 1.29 is 22.8 Å². The number of rotatable bonds is 2. The highest BCUT2D eigenvalue weighted by Crippen LogP contribution is 2.46. The Morgan fingerprint density at radius 2 is 1.78 bits per heavy atom. The Morgan fingerprint density at radius 1 is 1.15 bits per heavy atom. The van der Waals surface area contributed by atoms with Crippen molar-refractivity contribution in [2.75, 3.05) is 0 Å². The van der Waals surface area contributed by atoms with Crippen molar-refractivity contribution in [1.29, 1.82) is 0 Å². The maximum Gasteiger partial charge on any atom is 0.417 e. The fraction of sp³-hybridized carbons (Fsp3) is 0.421. The molecule has 0 spiro atoms. The summed E-state index contributed by atoms with van der Waals surface area (Å²) in [4.78, 5) is 30.5. The van der Waals surface area contributed by atoms with Crippen LogP contribution in [0.5, 0.6) is 0 Å². The molecule has 2 bridgehead atoms. The van der Waals surface area contributed by atoms with Gasteiger partial charge in [0.15, 0.2) is 11.6 Å². The van der Waals surface area contributed by atoms with Crippen LogP contribution in [0.4, 0.5) is 13.2 Å². The maximum atomic E-state index is 13.1. The quantitative estimate of drug-likeness (QED) is 0.616. The van der Waals surface area contributed by atoms with Crippen LogP contribution in [0.25, 0.3) is 10.6 Å². The van der Waals surface area contributed by atoms with Crippen molar-refractivity contribution in [3.8, 4) is 10.6 Å². The first kappa shape index (κ1) is 18.6. The van der Waals surface area contributed by atoms with Crippen LogP contribution in [-0.2, 0) is 15.8 Å². The van der Waals surface area contributed by atoms with Crippen LogP contribution in [-0.4, -0.2) is 16.6 Å². The Balaban J connectivity index is 1.75. The van der Waals surface area contributed by atoms with Gasteiger partial charge in [-0.2, -0.15) is 13.2 Å². The van der Waals surface area contributed by atoms with Crippen LogP contribution in [0.2, 0.25) is 5.02 Å². The molecule has 1 aromatic carbocycles. The van der Waals surface area contributed by atoms with E-state index in [-0.39, 0.29) is 34.0 Å². The van der Waals surface area contributed by atoms with Gasteiger partial charge in [0.25, 0.3) is 0 Å². The molecule has 142 valence electrons. The monoisotopic (exact) mass is 413 g/mol. The number of Topliss-reactive ketones (excluding diaryl/α,β-unsaturated/α-hetero) is 2. The van der Waals surface area contributed by atoms with Gasteiger partial charge in [0.2, 0.25) is 0 Å². The highest BCUT2D eigenvalue weighted by atomic mass is 35.5. The van der Waals surface area contributed by atoms with E-state index in [1.807, 2.05) is 0 Å². The number of carbonyl (C=O) groups excluding carboxylic acids is 2. The van der Waals surface area contributed by atoms with Gasteiger partial charge in [0, 0.05) is 22.3 Å². The summed E-state index contributed by atoms with van der Waals surface area (Å²) in [6.07, 6.45) is -2.49. The topological polar surface area (TPSA) is 47.0 Å². The minimum Gasteiger partial charge on any atom is -0.298 e. The summed E-state index contributed by atoms with van der Waals surface area (Å²) in [5.74, 6) is -1.28. The fourth-order valence-electron chi connectivity index (χ4n) is 4.05. The molecule has 8 heteroatoms. The average Bonchev–Trinajstić information content (AvgIpc) is 3.19. The summed E-state index contributed by atoms with van der Waals surface area (Å²) in [5, 5.41) is -0.0304. The zero-order valence-corrected chi connectivity index (χ0v) is 15.8. The molecule has 1 unspecified atom stereocenters. The van der Waals surface area contributed by atoms with Crippen LogP contribution in [0.3, 0.4) is 0 Å². The lowest BCUT2D eigenvalue weighted by Gasteiger charge is -2.24. The lowest BCUT2D eigenvalue weighted by molar-refractivity contribution is -0.138. The highest BCUT2D eigenvalue weighted by Gasteiger charge is 2.48. The molecule has 1 heterocycles. The predicted octanol–water partition coefficient (Wildman–Crippen LogP) is 5.44. The van der Waals surface area contributed by atoms with Gasteiger partial charge in [-0.1, -0.05) is 17.7 Å². The molecule has 1 aromatic heterocycles. The van der Waals surface area contributed by atoms with Crippen molar-refractivity contribution in [2.24, 2.45) is 11.8 Å². The van der Waals surface area contributed by atoms with E-state index in [0.29, 0.717) is 22.0 Å². The van der Waals surface area contributed by atoms with Gasteiger partial charge in [-0.05, 0) is 38.3 Å². The van der Waals surface area contributed by atoms with Gasteiger partial charge < -0.3 is 0 Å². The Morgan fingerprint density at radius 3 is 2.37 bits per heavy atom. The number of ketones is 2. The molecule has 2 aliphatic carbocycles. The second-order valence-electron chi connectivity index (χ2n) is 7.10. The molecule has 0 radical (unpaired) electrons. The van der Waals surface area contributed by atoms with Crippen molar-refractivity contribution >= 4 is 34.5 Å². The van der Waals surface area contributed by atoms with E-state index in [2.05, 4.69) is 4.98 Å². The summed E-state index contributed by atoms with van der Waals surface area (Å²) in [6.45, 7) is 1.74. The molecule has 2 aromatic rings. The molecule has 27 heavy (non-hydrogen) atoms. The summed E-state index contributed by atoms with van der Waals surface area (Å²) >= 11 is 6.86. The molecule has 2 fully saturated rings. The molecule has 0 N–H and O–H groups in total. The molecule has 2 saturated carbocycles. The fourth-order valence-corrected chi connectivity index (χ4v) is 5.23. The molecule has 2 aliphatic rings. The Bertz CT molecular complexity index is 931. The van der Waals surface area contributed by atoms with Gasteiger partial charge in [0.05, 0.1) is 16.3 Å². The summed E-state index contributed by atoms with van der Waals surface area (Å²) < 4.78 is 39.4. The van der Waals surface area contributed by atoms with E-state index in [0.717, 1.165) is 18.9 Å². The van der Waals surface area contributed by atoms with Gasteiger partial charge in [-0.25, -0.2) is 4.98 Å². The molecule has 4 rings (SSSR count). The minimum atomic E-state index is -4.57. The molecule has 3 nitrogen and oxygen atoms in total. The molecule has 0 amide bonds. The number of benzene rings is 1. The second-order valence-corrected chi connectivity index (χ2v) is 8.71. The number of nitrogens with zero attached hydrogens (tertiary/aromatic N) is 1. The molecule has 3 atom stereocenters. The van der Waals surface area contributed by atoms with E-state index >= 15 is 0 Å². The van der Waals surface area contributed by atoms with Crippen molar-refractivity contribution in [3.63, 3.8) is 0 Å². The Labute approximate surface area is 162 Å². The van der Waals surface area contributed by atoms with Crippen molar-refractivity contribution in [2.45, 2.75) is 38.3 Å². The lowest BCUT2D eigenvalue weighted by Crippen LogP contribution is -2.35. The third-order valence-electron chi connectivity index (χ3n) is 5.43. The Hall–Kier alpha value is -1.73. The second kappa shape index (κ2) is 6.41. The predicted molar refractivity (Wildman–Crippen MR) is 95.9 cm³/mol. The summed E-state index contributed by atoms with van der Waals surface area (Å²) in [6, 6.07) is 3.61. The number of halogens is 4. The standard InChI is InChI=1S/C19H15ClF3NO2S/c1-8-15(14-16(25)9-2-3-10(6-9)17(14)26)24-18(27-8)11-4-5-13(20)12(7-11)19(21,22)23/h4-5,7,9-10,14H,2-3,6H2,1H3/t9-,10+,14?. The van der Waals surface area contributed by atoms with E-state index in [9.17, 15) is 22.8 Å². The first-order valence-corrected chi connectivity index (χ1v) is 9.78. The first-order chi connectivity index (χ1) is 12.7. The van der Waals surface area contributed by atoms with Crippen LogP contribution < -0.4 is 0 Å². The zero-order valence-electron chi connectivity index (χ0n) is 14.3. The van der Waals surface area contributed by atoms with Crippen molar-refractivity contribution in [3.05, 3.63) is 39.4 Å². The van der Waals surface area contributed by atoms with E-state index in [1.165, 1.54) is 23.5 Å². The van der Waals surface area contributed by atoms with Gasteiger partial charge in [0.1, 0.15) is 10.9 Å². The molecule has 0 aliphatic heterocycles. The van der Waals surface area contributed by atoms with Gasteiger partial charge in [-0.3, -0.25) is 9.59 Å². The van der Waals surface area contributed by atoms with Crippen LogP contribution in [0.1, 0.15) is 41.3 Å². The normalized spacial score (nSPS) is 25.3. The van der Waals surface area contributed by atoms with Crippen LogP contribution in [0, 0.1) is 18.8 Å². The number of hydrogen-bond donors (Lipinski definition) is 0. The number of alkyl halides is 3. The van der Waals surface area contributed by atoms with Crippen molar-refractivity contribution in [1.82, 2.24) is 4.98 Å². The number of carbonyl (C=O) groups is 2. The first-order valence-electron chi connectivity index (χ1n) is 8.58. The van der Waals surface area contributed by atoms with Crippen LogP contribution >= 0.6 is 22.9 Å². The Kier molecular flexibility index (Phi) is 4.42. The number of aromatic nitrogens is 1. The summed E-state index contributed by atoms with van der Waals surface area (Å²) in [5.41, 5.74) is -0.270. The maximum absolute atomic E-state index is 13.1. The number of thiazole rings is 1. The molecular weight excluding hydrogens is 399 g/mol. The highest BCUT2D eigenvalue weighted by molar-refractivity contribution is 7.15. The van der Waals surface area contributed by atoms with E-state index in [1.54, 1.807) is 6.92 Å². The average molecular weight is 414 g/mol. The largest absolute Gasteiger partial charge is 0.417 e.